The van der Waals surface area contributed by atoms with E-state index in [9.17, 15) is 9.90 Å². The number of carbonyl (C=O) groups is 1. The summed E-state index contributed by atoms with van der Waals surface area (Å²) in [5.41, 5.74) is 2.84. The monoisotopic (exact) mass is 308 g/mol. The van der Waals surface area contributed by atoms with Crippen LogP contribution in [-0.2, 0) is 0 Å². The van der Waals surface area contributed by atoms with Gasteiger partial charge in [-0.2, -0.15) is 0 Å². The Morgan fingerprint density at radius 1 is 1.36 bits per heavy atom. The first-order valence-electron chi connectivity index (χ1n) is 6.90. The molecule has 4 rings (SSSR count). The van der Waals surface area contributed by atoms with E-state index in [1.54, 1.807) is 12.1 Å². The minimum absolute atomic E-state index is 0.0712. The van der Waals surface area contributed by atoms with Gasteiger partial charge in [0.25, 0.3) is 5.91 Å². The Labute approximate surface area is 130 Å². The molecule has 1 heterocycles. The van der Waals surface area contributed by atoms with Crippen LogP contribution in [0.15, 0.2) is 48.1 Å². The van der Waals surface area contributed by atoms with Crippen molar-refractivity contribution >= 4 is 34.0 Å². The van der Waals surface area contributed by atoms with Gasteiger partial charge in [-0.1, -0.05) is 35.6 Å². The van der Waals surface area contributed by atoms with Crippen LogP contribution in [0.4, 0.5) is 5.13 Å². The highest BCUT2D eigenvalue weighted by Crippen LogP contribution is 2.24. The molecule has 108 valence electrons. The summed E-state index contributed by atoms with van der Waals surface area (Å²) in [5, 5.41) is 13.8. The van der Waals surface area contributed by atoms with Crippen LogP contribution in [0.5, 0.6) is 5.75 Å². The molecular weight excluding hydrogens is 296 g/mol. The number of rotatable bonds is 2. The Hall–Kier alpha value is -2.66. The summed E-state index contributed by atoms with van der Waals surface area (Å²) in [4.78, 5) is 16.7. The van der Waals surface area contributed by atoms with Crippen molar-refractivity contribution in [3.05, 3.63) is 63.5 Å². The van der Waals surface area contributed by atoms with Gasteiger partial charge in [0.15, 0.2) is 5.13 Å². The van der Waals surface area contributed by atoms with E-state index in [0.29, 0.717) is 10.7 Å². The quantitative estimate of drug-likeness (QED) is 0.891. The van der Waals surface area contributed by atoms with Crippen LogP contribution in [0, 0.1) is 0 Å². The molecule has 1 aromatic heterocycles. The number of aromatic nitrogens is 1. The number of allylic oxidation sites excluding steroid dienone is 4. The van der Waals surface area contributed by atoms with Crippen LogP contribution in [0.1, 0.15) is 16.8 Å². The van der Waals surface area contributed by atoms with E-state index < -0.39 is 0 Å². The Bertz CT molecular complexity index is 967. The van der Waals surface area contributed by atoms with E-state index >= 15 is 0 Å². The third-order valence-electron chi connectivity index (χ3n) is 3.64. The highest BCUT2D eigenvalue weighted by molar-refractivity contribution is 7.13. The van der Waals surface area contributed by atoms with E-state index in [4.69, 9.17) is 0 Å². The van der Waals surface area contributed by atoms with Crippen molar-refractivity contribution in [3.63, 3.8) is 0 Å². The van der Waals surface area contributed by atoms with E-state index in [1.807, 2.05) is 0 Å². The molecule has 0 fully saturated rings. The van der Waals surface area contributed by atoms with Gasteiger partial charge in [-0.25, -0.2) is 4.98 Å². The molecule has 2 aromatic rings. The first-order valence-corrected chi connectivity index (χ1v) is 7.72. The lowest BCUT2D eigenvalue weighted by Crippen LogP contribution is -2.20. The number of anilines is 1. The number of aromatic hydroxyl groups is 1. The predicted octanol–water partition coefficient (Wildman–Crippen LogP) is 1.93. The summed E-state index contributed by atoms with van der Waals surface area (Å²) >= 11 is 1.46. The maximum atomic E-state index is 12.2. The molecule has 2 aliphatic carbocycles. The molecule has 1 aromatic carbocycles. The van der Waals surface area contributed by atoms with Crippen LogP contribution < -0.4 is 15.2 Å². The van der Waals surface area contributed by atoms with Gasteiger partial charge in [-0.3, -0.25) is 10.1 Å². The van der Waals surface area contributed by atoms with Crippen LogP contribution in [0.25, 0.3) is 11.6 Å². The Morgan fingerprint density at radius 2 is 2.27 bits per heavy atom. The zero-order valence-corrected chi connectivity index (χ0v) is 12.4. The number of hydrogen-bond donors (Lipinski definition) is 2. The predicted molar refractivity (Wildman–Crippen MR) is 87.1 cm³/mol. The molecule has 0 atom stereocenters. The third kappa shape index (κ3) is 2.16. The number of benzene rings is 1. The van der Waals surface area contributed by atoms with E-state index in [0.717, 1.165) is 16.3 Å². The average molecular weight is 308 g/mol. The van der Waals surface area contributed by atoms with Crippen LogP contribution in [0.3, 0.4) is 0 Å². The SMILES string of the molecule is O=C(Nc1nc2c(s1)=CC1=CC=CCC=21)c1cccc(O)c1. The number of nitrogens with zero attached hydrogens (tertiary/aromatic N) is 1. The maximum Gasteiger partial charge on any atom is 0.257 e. The number of fused-ring (bicyclic) bond motifs is 2. The molecule has 22 heavy (non-hydrogen) atoms. The van der Waals surface area contributed by atoms with Gasteiger partial charge < -0.3 is 5.11 Å². The lowest BCUT2D eigenvalue weighted by Gasteiger charge is -2.05. The zero-order valence-electron chi connectivity index (χ0n) is 11.5. The molecule has 2 N–H and O–H groups in total. The van der Waals surface area contributed by atoms with E-state index in [-0.39, 0.29) is 11.7 Å². The smallest absolute Gasteiger partial charge is 0.257 e. The number of thiazole rings is 1. The van der Waals surface area contributed by atoms with Gasteiger partial charge in [0.2, 0.25) is 0 Å². The van der Waals surface area contributed by atoms with Gasteiger partial charge in [-0.05, 0) is 41.8 Å². The molecule has 2 aliphatic rings. The number of carbonyl (C=O) groups excluding carboxylic acids is 1. The second-order valence-electron chi connectivity index (χ2n) is 5.11. The summed E-state index contributed by atoms with van der Waals surface area (Å²) in [7, 11) is 0. The fourth-order valence-corrected chi connectivity index (χ4v) is 3.54. The molecule has 0 radical (unpaired) electrons. The van der Waals surface area contributed by atoms with E-state index in [1.165, 1.54) is 34.6 Å². The van der Waals surface area contributed by atoms with Crippen molar-refractivity contribution < 1.29 is 9.90 Å². The Morgan fingerprint density at radius 3 is 3.14 bits per heavy atom. The fraction of sp³-hybridized carbons (Fsp3) is 0.0588. The minimum atomic E-state index is -0.271. The second kappa shape index (κ2) is 4.96. The Balaban J connectivity index is 1.65. The summed E-state index contributed by atoms with van der Waals surface area (Å²) in [6.45, 7) is 0. The third-order valence-corrected chi connectivity index (χ3v) is 4.55. The van der Waals surface area contributed by atoms with Gasteiger partial charge in [0, 0.05) is 5.56 Å². The van der Waals surface area contributed by atoms with Crippen LogP contribution in [-0.4, -0.2) is 16.0 Å². The van der Waals surface area contributed by atoms with Crippen molar-refractivity contribution in [1.82, 2.24) is 4.98 Å². The van der Waals surface area contributed by atoms with Crippen molar-refractivity contribution in [2.24, 2.45) is 0 Å². The number of phenols is 1. The molecule has 4 nitrogen and oxygen atoms in total. The fourth-order valence-electron chi connectivity index (χ4n) is 2.60. The van der Waals surface area contributed by atoms with E-state index in [2.05, 4.69) is 34.6 Å². The summed E-state index contributed by atoms with van der Waals surface area (Å²) in [6.07, 6.45) is 9.22. The lowest BCUT2D eigenvalue weighted by atomic mass is 10.0. The van der Waals surface area contributed by atoms with Crippen molar-refractivity contribution in [2.75, 3.05) is 5.32 Å². The molecule has 0 bridgehead atoms. The summed E-state index contributed by atoms with van der Waals surface area (Å²) in [5.74, 6) is -0.199. The highest BCUT2D eigenvalue weighted by atomic mass is 32.1. The number of nitrogens with one attached hydrogen (secondary N) is 1. The normalized spacial score (nSPS) is 14.9. The number of phenolic OH excluding ortho intramolecular Hbond substituents is 1. The molecule has 1 amide bonds. The number of hydrogen-bond acceptors (Lipinski definition) is 4. The molecular formula is C17H12N2O2S. The molecule has 0 unspecified atom stereocenters. The van der Waals surface area contributed by atoms with Crippen LogP contribution in [0.2, 0.25) is 0 Å². The first kappa shape index (κ1) is 13.0. The summed E-state index contributed by atoms with van der Waals surface area (Å²) < 4.78 is 1.08. The van der Waals surface area contributed by atoms with Crippen molar-refractivity contribution in [3.8, 4) is 5.75 Å². The molecule has 0 saturated heterocycles. The highest BCUT2D eigenvalue weighted by Gasteiger charge is 2.17. The second-order valence-corrected chi connectivity index (χ2v) is 6.14. The lowest BCUT2D eigenvalue weighted by molar-refractivity contribution is 0.102. The van der Waals surface area contributed by atoms with Gasteiger partial charge in [0.1, 0.15) is 5.75 Å². The largest absolute Gasteiger partial charge is 0.508 e. The summed E-state index contributed by atoms with van der Waals surface area (Å²) in [6, 6.07) is 6.26. The molecule has 0 saturated carbocycles. The van der Waals surface area contributed by atoms with Crippen molar-refractivity contribution in [1.29, 1.82) is 0 Å². The standard InChI is InChI=1S/C17H12N2O2S/c20-12-6-3-5-11(8-12)16(21)19-17-18-15-13-7-2-1-4-10(13)9-14(15)22-17/h1-6,8-9,20H,7H2,(H,18,19,21). The first-order chi connectivity index (χ1) is 10.7. The number of amides is 1. The van der Waals surface area contributed by atoms with Gasteiger partial charge >= 0.3 is 0 Å². The van der Waals surface area contributed by atoms with Gasteiger partial charge in [0.05, 0.1) is 9.88 Å². The van der Waals surface area contributed by atoms with Crippen LogP contribution >= 0.6 is 11.3 Å². The molecule has 0 spiro atoms. The average Bonchev–Trinajstić information content (AvgIpc) is 3.04. The maximum absolute atomic E-state index is 12.2. The Kier molecular flexibility index (Phi) is 2.94. The minimum Gasteiger partial charge on any atom is -0.508 e. The van der Waals surface area contributed by atoms with Gasteiger partial charge in [-0.15, -0.1) is 0 Å². The zero-order chi connectivity index (χ0) is 15.1. The molecule has 5 heteroatoms. The molecule has 0 aliphatic heterocycles. The van der Waals surface area contributed by atoms with Crippen molar-refractivity contribution in [2.45, 2.75) is 6.42 Å². The topological polar surface area (TPSA) is 62.2 Å².